The summed E-state index contributed by atoms with van der Waals surface area (Å²) >= 11 is 5.18. The van der Waals surface area contributed by atoms with Gasteiger partial charge in [-0.2, -0.15) is 0 Å². The molecule has 0 bridgehead atoms. The van der Waals surface area contributed by atoms with Crippen LogP contribution in [0, 0.1) is 5.92 Å². The van der Waals surface area contributed by atoms with E-state index in [0.717, 1.165) is 17.0 Å². The van der Waals surface area contributed by atoms with E-state index in [1.165, 1.54) is 0 Å². The number of hydrogen-bond donors (Lipinski definition) is 3. The second-order valence-electron chi connectivity index (χ2n) is 6.61. The van der Waals surface area contributed by atoms with E-state index in [1.807, 2.05) is 61.5 Å². The van der Waals surface area contributed by atoms with Crippen LogP contribution in [-0.2, 0) is 16.1 Å². The van der Waals surface area contributed by atoms with Gasteiger partial charge in [0.25, 0.3) is 0 Å². The Morgan fingerprint density at radius 2 is 1.86 bits per heavy atom. The minimum Gasteiger partial charge on any atom is -0.494 e. The van der Waals surface area contributed by atoms with Gasteiger partial charge in [0.15, 0.2) is 5.11 Å². The summed E-state index contributed by atoms with van der Waals surface area (Å²) < 4.78 is 5.42. The molecule has 1 saturated heterocycles. The first kappa shape index (κ1) is 20.6. The third kappa shape index (κ3) is 5.68. The summed E-state index contributed by atoms with van der Waals surface area (Å²) in [5.41, 5.74) is 7.11. The highest BCUT2D eigenvalue weighted by Gasteiger charge is 2.35. The number of nitrogens with one attached hydrogen (secondary N) is 3. The Hall–Kier alpha value is -3.13. The van der Waals surface area contributed by atoms with Crippen molar-refractivity contribution in [2.45, 2.75) is 19.9 Å². The Morgan fingerprint density at radius 1 is 1.14 bits per heavy atom. The molecule has 0 aliphatic carbocycles. The van der Waals surface area contributed by atoms with E-state index in [-0.39, 0.29) is 18.2 Å². The molecule has 2 amide bonds. The normalized spacial score (nSPS) is 15.7. The van der Waals surface area contributed by atoms with Gasteiger partial charge >= 0.3 is 0 Å². The lowest BCUT2D eigenvalue weighted by atomic mass is 10.1. The summed E-state index contributed by atoms with van der Waals surface area (Å²) in [5, 5.41) is 3.33. The lowest BCUT2D eigenvalue weighted by Gasteiger charge is -2.17. The Balaban J connectivity index is 1.46. The molecule has 0 spiro atoms. The second kappa shape index (κ2) is 9.88. The van der Waals surface area contributed by atoms with Crippen LogP contribution in [0.3, 0.4) is 0 Å². The van der Waals surface area contributed by atoms with E-state index in [9.17, 15) is 9.59 Å². The summed E-state index contributed by atoms with van der Waals surface area (Å²) in [4.78, 5) is 26.4. The fraction of sp³-hybridized carbons (Fsp3) is 0.286. The van der Waals surface area contributed by atoms with Crippen LogP contribution in [0.25, 0.3) is 0 Å². The molecule has 152 valence electrons. The molecule has 1 atom stereocenters. The fourth-order valence-corrected chi connectivity index (χ4v) is 3.19. The molecular formula is C21H24N4O3S. The number of rotatable bonds is 6. The molecule has 3 rings (SSSR count). The quantitative estimate of drug-likeness (QED) is 0.498. The average molecular weight is 413 g/mol. The van der Waals surface area contributed by atoms with Crippen LogP contribution < -0.4 is 25.8 Å². The van der Waals surface area contributed by atoms with Gasteiger partial charge in [-0.1, -0.05) is 30.3 Å². The van der Waals surface area contributed by atoms with Gasteiger partial charge in [-0.05, 0) is 49.0 Å². The highest BCUT2D eigenvalue weighted by atomic mass is 32.1. The fourth-order valence-electron chi connectivity index (χ4n) is 3.06. The van der Waals surface area contributed by atoms with Crippen molar-refractivity contribution < 1.29 is 14.3 Å². The Labute approximate surface area is 175 Å². The van der Waals surface area contributed by atoms with Gasteiger partial charge in [0.05, 0.1) is 12.5 Å². The molecule has 1 fully saturated rings. The number of hydrogen-bond acceptors (Lipinski definition) is 4. The van der Waals surface area contributed by atoms with Crippen LogP contribution in [0.4, 0.5) is 5.69 Å². The predicted octanol–water partition coefficient (Wildman–Crippen LogP) is 2.13. The predicted molar refractivity (Wildman–Crippen MR) is 115 cm³/mol. The molecule has 2 aromatic carbocycles. The maximum atomic E-state index is 12.4. The van der Waals surface area contributed by atoms with Gasteiger partial charge in [0.1, 0.15) is 5.75 Å². The molecule has 7 nitrogen and oxygen atoms in total. The number of carbonyl (C=O) groups is 2. The van der Waals surface area contributed by atoms with Gasteiger partial charge < -0.3 is 15.0 Å². The molecular weight excluding hydrogens is 388 g/mol. The van der Waals surface area contributed by atoms with Gasteiger partial charge in [-0.15, -0.1) is 0 Å². The van der Waals surface area contributed by atoms with Crippen molar-refractivity contribution in [2.75, 3.05) is 18.1 Å². The van der Waals surface area contributed by atoms with Crippen LogP contribution in [0.2, 0.25) is 0 Å². The van der Waals surface area contributed by atoms with Gasteiger partial charge in [0, 0.05) is 25.2 Å². The highest BCUT2D eigenvalue weighted by molar-refractivity contribution is 7.80. The molecule has 3 N–H and O–H groups in total. The maximum Gasteiger partial charge on any atom is 0.243 e. The lowest BCUT2D eigenvalue weighted by molar-refractivity contribution is -0.126. The number of benzene rings is 2. The van der Waals surface area contributed by atoms with Crippen molar-refractivity contribution in [3.63, 3.8) is 0 Å². The minimum absolute atomic E-state index is 0.0842. The van der Waals surface area contributed by atoms with E-state index in [1.54, 1.807) is 4.90 Å². The summed E-state index contributed by atoms with van der Waals surface area (Å²) in [6.45, 7) is 3.37. The van der Waals surface area contributed by atoms with E-state index in [4.69, 9.17) is 17.0 Å². The van der Waals surface area contributed by atoms with Crippen LogP contribution in [-0.4, -0.2) is 30.1 Å². The van der Waals surface area contributed by atoms with Crippen molar-refractivity contribution in [3.05, 3.63) is 60.2 Å². The molecule has 8 heteroatoms. The Bertz CT molecular complexity index is 858. The SMILES string of the molecule is CCOc1ccc(N2C[C@@H](C(=O)NNC(=S)NCc3ccccc3)CC2=O)cc1. The van der Waals surface area contributed by atoms with E-state index in [0.29, 0.717) is 24.8 Å². The van der Waals surface area contributed by atoms with Crippen LogP contribution in [0.1, 0.15) is 18.9 Å². The zero-order chi connectivity index (χ0) is 20.6. The van der Waals surface area contributed by atoms with Crippen molar-refractivity contribution >= 4 is 34.8 Å². The molecule has 0 unspecified atom stereocenters. The van der Waals surface area contributed by atoms with Gasteiger partial charge in [0.2, 0.25) is 11.8 Å². The zero-order valence-corrected chi connectivity index (χ0v) is 17.0. The largest absolute Gasteiger partial charge is 0.494 e. The first-order valence-corrected chi connectivity index (χ1v) is 9.88. The van der Waals surface area contributed by atoms with Gasteiger partial charge in [-0.3, -0.25) is 20.4 Å². The van der Waals surface area contributed by atoms with Crippen molar-refractivity contribution in [3.8, 4) is 5.75 Å². The van der Waals surface area contributed by atoms with Crippen LogP contribution in [0.15, 0.2) is 54.6 Å². The molecule has 29 heavy (non-hydrogen) atoms. The van der Waals surface area contributed by atoms with Crippen LogP contribution in [0.5, 0.6) is 5.75 Å². The van der Waals surface area contributed by atoms with Crippen molar-refractivity contribution in [2.24, 2.45) is 5.92 Å². The number of anilines is 1. The number of thiocarbonyl (C=S) groups is 1. The monoisotopic (exact) mass is 412 g/mol. The Morgan fingerprint density at radius 3 is 2.55 bits per heavy atom. The standard InChI is InChI=1S/C21H24N4O3S/c1-2-28-18-10-8-17(9-11-18)25-14-16(12-19(25)26)20(27)23-24-21(29)22-13-15-6-4-3-5-7-15/h3-11,16H,2,12-14H2,1H3,(H,23,27)(H2,22,24,29)/t16-/m0/s1. The van der Waals surface area contributed by atoms with Gasteiger partial charge in [-0.25, -0.2) is 0 Å². The Kier molecular flexibility index (Phi) is 7.02. The third-order valence-electron chi connectivity index (χ3n) is 4.55. The first-order valence-electron chi connectivity index (χ1n) is 9.47. The molecule has 1 aliphatic heterocycles. The van der Waals surface area contributed by atoms with Crippen LogP contribution >= 0.6 is 12.2 Å². The summed E-state index contributed by atoms with van der Waals surface area (Å²) in [7, 11) is 0. The smallest absolute Gasteiger partial charge is 0.243 e. The average Bonchev–Trinajstić information content (AvgIpc) is 3.14. The molecule has 0 radical (unpaired) electrons. The molecule has 1 aliphatic rings. The topological polar surface area (TPSA) is 82.7 Å². The number of nitrogens with zero attached hydrogens (tertiary/aromatic N) is 1. The molecule has 0 saturated carbocycles. The van der Waals surface area contributed by atoms with E-state index < -0.39 is 5.92 Å². The third-order valence-corrected chi connectivity index (χ3v) is 4.80. The first-order chi connectivity index (χ1) is 14.1. The number of amides is 2. The summed E-state index contributed by atoms with van der Waals surface area (Å²) in [6.07, 6.45) is 0.158. The zero-order valence-electron chi connectivity index (χ0n) is 16.2. The molecule has 2 aromatic rings. The summed E-state index contributed by atoms with van der Waals surface area (Å²) in [6, 6.07) is 17.1. The highest BCUT2D eigenvalue weighted by Crippen LogP contribution is 2.26. The van der Waals surface area contributed by atoms with Crippen molar-refractivity contribution in [1.82, 2.24) is 16.2 Å². The molecule has 0 aromatic heterocycles. The van der Waals surface area contributed by atoms with Crippen molar-refractivity contribution in [1.29, 1.82) is 0 Å². The number of carbonyl (C=O) groups excluding carboxylic acids is 2. The minimum atomic E-state index is -0.446. The lowest BCUT2D eigenvalue weighted by Crippen LogP contribution is -2.48. The molecule has 1 heterocycles. The second-order valence-corrected chi connectivity index (χ2v) is 7.02. The maximum absolute atomic E-state index is 12.4. The van der Waals surface area contributed by atoms with E-state index in [2.05, 4.69) is 16.2 Å². The van der Waals surface area contributed by atoms with E-state index >= 15 is 0 Å². The number of ether oxygens (including phenoxy) is 1. The summed E-state index contributed by atoms with van der Waals surface area (Å²) in [5.74, 6) is -0.0499. The number of hydrazine groups is 1.